The Hall–Kier alpha value is -1.39. The highest BCUT2D eigenvalue weighted by Gasteiger charge is 2.15. The predicted octanol–water partition coefficient (Wildman–Crippen LogP) is 2.22. The summed E-state index contributed by atoms with van der Waals surface area (Å²) in [4.78, 5) is 4.61. The van der Waals surface area contributed by atoms with Gasteiger partial charge in [0.2, 0.25) is 0 Å². The van der Waals surface area contributed by atoms with Crippen LogP contribution in [-0.2, 0) is 6.54 Å². The van der Waals surface area contributed by atoms with Crippen LogP contribution in [0.4, 0.5) is 0 Å². The molecular formula is C14H21N3O. The Morgan fingerprint density at radius 2 is 2.17 bits per heavy atom. The zero-order valence-corrected chi connectivity index (χ0v) is 10.8. The van der Waals surface area contributed by atoms with E-state index < -0.39 is 0 Å². The molecule has 0 bridgehead atoms. The number of unbranched alkanes of at least 4 members (excludes halogenated alkanes) is 1. The Bertz CT molecular complexity index is 507. The number of nitrogens with two attached hydrogens (primary N) is 1. The zero-order chi connectivity index (χ0) is 13.0. The van der Waals surface area contributed by atoms with E-state index in [1.165, 1.54) is 0 Å². The lowest BCUT2D eigenvalue weighted by atomic mass is 10.1. The second-order valence-corrected chi connectivity index (χ2v) is 4.58. The van der Waals surface area contributed by atoms with Crippen molar-refractivity contribution < 1.29 is 5.11 Å². The Balaban J connectivity index is 2.38. The molecule has 0 aliphatic heterocycles. The molecule has 4 heteroatoms. The summed E-state index contributed by atoms with van der Waals surface area (Å²) in [5, 5.41) is 9.19. The molecule has 0 radical (unpaired) electrons. The van der Waals surface area contributed by atoms with Crippen molar-refractivity contribution in [2.24, 2.45) is 5.73 Å². The molecule has 0 aliphatic rings. The van der Waals surface area contributed by atoms with Gasteiger partial charge >= 0.3 is 0 Å². The summed E-state index contributed by atoms with van der Waals surface area (Å²) >= 11 is 0. The number of imidazole rings is 1. The number of fused-ring (bicyclic) bond motifs is 1. The Labute approximate surface area is 107 Å². The maximum absolute atomic E-state index is 9.19. The lowest BCUT2D eigenvalue weighted by Gasteiger charge is -2.13. The Kier molecular flexibility index (Phi) is 4.33. The van der Waals surface area contributed by atoms with Crippen LogP contribution >= 0.6 is 0 Å². The fraction of sp³-hybridized carbons (Fsp3) is 0.500. The molecule has 4 nitrogen and oxygen atoms in total. The number of nitrogens with zero attached hydrogens (tertiary/aromatic N) is 2. The third-order valence-electron chi connectivity index (χ3n) is 3.21. The van der Waals surface area contributed by atoms with E-state index in [-0.39, 0.29) is 12.6 Å². The number of benzene rings is 1. The predicted molar refractivity (Wildman–Crippen MR) is 73.3 cm³/mol. The van der Waals surface area contributed by atoms with Gasteiger partial charge in [0.25, 0.3) is 0 Å². The summed E-state index contributed by atoms with van der Waals surface area (Å²) in [5.74, 6) is 0.888. The van der Waals surface area contributed by atoms with Crippen LogP contribution in [0.5, 0.6) is 0 Å². The van der Waals surface area contributed by atoms with Crippen LogP contribution in [0.25, 0.3) is 11.0 Å². The average Bonchev–Trinajstić information content (AvgIpc) is 2.76. The number of hydrogen-bond acceptors (Lipinski definition) is 3. The van der Waals surface area contributed by atoms with Crippen molar-refractivity contribution >= 4 is 11.0 Å². The molecule has 1 atom stereocenters. The van der Waals surface area contributed by atoms with E-state index >= 15 is 0 Å². The molecule has 98 valence electrons. The third kappa shape index (κ3) is 2.54. The van der Waals surface area contributed by atoms with Gasteiger partial charge in [-0.25, -0.2) is 4.98 Å². The number of aliphatic hydroxyl groups is 1. The van der Waals surface area contributed by atoms with E-state index in [1.54, 1.807) is 0 Å². The minimum atomic E-state index is -0.0519. The first-order valence-corrected chi connectivity index (χ1v) is 6.59. The molecule has 0 spiro atoms. The summed E-state index contributed by atoms with van der Waals surface area (Å²) in [7, 11) is 0. The normalized spacial score (nSPS) is 13.1. The number of para-hydroxylation sites is 2. The van der Waals surface area contributed by atoms with E-state index in [0.29, 0.717) is 6.54 Å². The third-order valence-corrected chi connectivity index (χ3v) is 3.21. The molecule has 0 saturated carbocycles. The Morgan fingerprint density at radius 1 is 1.39 bits per heavy atom. The van der Waals surface area contributed by atoms with Gasteiger partial charge in [-0.1, -0.05) is 31.9 Å². The molecule has 1 unspecified atom stereocenters. The summed E-state index contributed by atoms with van der Waals surface area (Å²) in [6.45, 7) is 2.81. The molecule has 1 aromatic carbocycles. The van der Waals surface area contributed by atoms with E-state index in [2.05, 4.69) is 11.9 Å². The number of aromatic nitrogens is 2. The van der Waals surface area contributed by atoms with Gasteiger partial charge in [-0.05, 0) is 18.6 Å². The standard InChI is InChI=1S/C14H21N3O/c1-2-3-6-11(15)14-16-12-7-4-5-8-13(12)17(14)9-10-18/h4-5,7-8,11,18H,2-3,6,9-10,15H2,1H3. The number of aliphatic hydroxyl groups excluding tert-OH is 1. The van der Waals surface area contributed by atoms with Gasteiger partial charge < -0.3 is 15.4 Å². The number of hydrogen-bond donors (Lipinski definition) is 2. The van der Waals surface area contributed by atoms with Crippen molar-refractivity contribution in [3.8, 4) is 0 Å². The van der Waals surface area contributed by atoms with Crippen LogP contribution in [0.2, 0.25) is 0 Å². The minimum absolute atomic E-state index is 0.0519. The van der Waals surface area contributed by atoms with Crippen LogP contribution in [0.15, 0.2) is 24.3 Å². The first-order valence-electron chi connectivity index (χ1n) is 6.59. The monoisotopic (exact) mass is 247 g/mol. The summed E-state index contributed by atoms with van der Waals surface area (Å²) in [6, 6.07) is 7.91. The topological polar surface area (TPSA) is 64.1 Å². The molecule has 2 aromatic rings. The molecule has 1 aromatic heterocycles. The highest BCUT2D eigenvalue weighted by atomic mass is 16.3. The first-order chi connectivity index (χ1) is 8.77. The van der Waals surface area contributed by atoms with Gasteiger partial charge in [0.15, 0.2) is 0 Å². The summed E-state index contributed by atoms with van der Waals surface area (Å²) < 4.78 is 2.04. The van der Waals surface area contributed by atoms with Gasteiger partial charge in [-0.2, -0.15) is 0 Å². The van der Waals surface area contributed by atoms with Crippen LogP contribution in [-0.4, -0.2) is 21.3 Å². The zero-order valence-electron chi connectivity index (χ0n) is 10.8. The lowest BCUT2D eigenvalue weighted by molar-refractivity contribution is 0.274. The maximum atomic E-state index is 9.19. The van der Waals surface area contributed by atoms with Gasteiger partial charge in [0, 0.05) is 6.54 Å². The van der Waals surface area contributed by atoms with E-state index in [9.17, 15) is 5.11 Å². The van der Waals surface area contributed by atoms with Crippen LogP contribution < -0.4 is 5.73 Å². The van der Waals surface area contributed by atoms with Crippen molar-refractivity contribution in [3.05, 3.63) is 30.1 Å². The van der Waals surface area contributed by atoms with Gasteiger partial charge in [-0.3, -0.25) is 0 Å². The Morgan fingerprint density at radius 3 is 2.89 bits per heavy atom. The smallest absolute Gasteiger partial charge is 0.126 e. The minimum Gasteiger partial charge on any atom is -0.395 e. The SMILES string of the molecule is CCCCC(N)c1nc2ccccc2n1CCO. The molecule has 0 aliphatic carbocycles. The lowest BCUT2D eigenvalue weighted by Crippen LogP contribution is -2.17. The average molecular weight is 247 g/mol. The summed E-state index contributed by atoms with van der Waals surface area (Å²) in [6.07, 6.45) is 3.17. The highest BCUT2D eigenvalue weighted by Crippen LogP contribution is 2.22. The fourth-order valence-electron chi connectivity index (χ4n) is 2.27. The fourth-order valence-corrected chi connectivity index (χ4v) is 2.27. The second kappa shape index (κ2) is 5.98. The molecule has 0 saturated heterocycles. The number of rotatable bonds is 6. The van der Waals surface area contributed by atoms with Crippen LogP contribution in [0, 0.1) is 0 Å². The van der Waals surface area contributed by atoms with Gasteiger partial charge in [-0.15, -0.1) is 0 Å². The van der Waals surface area contributed by atoms with E-state index in [1.807, 2.05) is 28.8 Å². The molecule has 0 amide bonds. The van der Waals surface area contributed by atoms with Crippen LogP contribution in [0.3, 0.4) is 0 Å². The van der Waals surface area contributed by atoms with Crippen molar-refractivity contribution in [2.75, 3.05) is 6.61 Å². The van der Waals surface area contributed by atoms with E-state index in [4.69, 9.17) is 5.73 Å². The van der Waals surface area contributed by atoms with Gasteiger partial charge in [0.1, 0.15) is 5.82 Å². The largest absolute Gasteiger partial charge is 0.395 e. The summed E-state index contributed by atoms with van der Waals surface area (Å²) in [5.41, 5.74) is 8.21. The van der Waals surface area contributed by atoms with E-state index in [0.717, 1.165) is 36.1 Å². The van der Waals surface area contributed by atoms with Crippen LogP contribution in [0.1, 0.15) is 38.1 Å². The first kappa shape index (κ1) is 13.1. The molecule has 1 heterocycles. The van der Waals surface area contributed by atoms with Crippen molar-refractivity contribution in [3.63, 3.8) is 0 Å². The molecule has 2 rings (SSSR count). The highest BCUT2D eigenvalue weighted by molar-refractivity contribution is 5.76. The molecule has 0 fully saturated rings. The quantitative estimate of drug-likeness (QED) is 0.822. The molecule has 18 heavy (non-hydrogen) atoms. The van der Waals surface area contributed by atoms with Crippen molar-refractivity contribution in [2.45, 2.75) is 38.8 Å². The molecular weight excluding hydrogens is 226 g/mol. The second-order valence-electron chi connectivity index (χ2n) is 4.58. The van der Waals surface area contributed by atoms with Gasteiger partial charge in [0.05, 0.1) is 23.7 Å². The maximum Gasteiger partial charge on any atom is 0.126 e. The molecule has 3 N–H and O–H groups in total. The van der Waals surface area contributed by atoms with Crippen molar-refractivity contribution in [1.29, 1.82) is 0 Å². The van der Waals surface area contributed by atoms with Crippen molar-refractivity contribution in [1.82, 2.24) is 9.55 Å².